The maximum Gasteiger partial charge on any atom is 0.340 e. The van der Waals surface area contributed by atoms with E-state index in [2.05, 4.69) is 10.3 Å². The number of ether oxygens (including phenoxy) is 1. The Balaban J connectivity index is 1.64. The van der Waals surface area contributed by atoms with Crippen LogP contribution in [0.3, 0.4) is 0 Å². The first kappa shape index (κ1) is 20.7. The largest absolute Gasteiger partial charge is 0.465 e. The number of esters is 1. The number of para-hydroxylation sites is 1. The van der Waals surface area contributed by atoms with Gasteiger partial charge >= 0.3 is 5.97 Å². The minimum absolute atomic E-state index is 0.0338. The Bertz CT molecular complexity index is 1240. The van der Waals surface area contributed by atoms with E-state index in [-0.39, 0.29) is 12.5 Å². The van der Waals surface area contributed by atoms with Crippen molar-refractivity contribution in [3.63, 3.8) is 0 Å². The van der Waals surface area contributed by atoms with Crippen molar-refractivity contribution in [2.75, 3.05) is 7.11 Å². The summed E-state index contributed by atoms with van der Waals surface area (Å²) in [6, 6.07) is 14.2. The van der Waals surface area contributed by atoms with Gasteiger partial charge in [-0.25, -0.2) is 9.78 Å². The molecule has 0 unspecified atom stereocenters. The van der Waals surface area contributed by atoms with Gasteiger partial charge in [0, 0.05) is 41.6 Å². The fraction of sp³-hybridized carbons (Fsp3) is 0.174. The van der Waals surface area contributed by atoms with Gasteiger partial charge in [-0.15, -0.1) is 0 Å². The zero-order valence-corrected chi connectivity index (χ0v) is 17.8. The van der Waals surface area contributed by atoms with Gasteiger partial charge in [0.2, 0.25) is 5.91 Å². The molecule has 1 atom stereocenters. The third kappa shape index (κ3) is 4.18. The second kappa shape index (κ2) is 8.65. The molecule has 8 heteroatoms. The van der Waals surface area contributed by atoms with Gasteiger partial charge in [-0.2, -0.15) is 0 Å². The molecule has 7 nitrogen and oxygen atoms in total. The van der Waals surface area contributed by atoms with Crippen molar-refractivity contribution in [3.05, 3.63) is 89.1 Å². The molecule has 2 aromatic carbocycles. The number of aryl methyl sites for hydroxylation is 1. The summed E-state index contributed by atoms with van der Waals surface area (Å²) < 4.78 is 8.49. The van der Waals surface area contributed by atoms with Crippen LogP contribution < -0.4 is 5.32 Å². The lowest BCUT2D eigenvalue weighted by Crippen LogP contribution is -2.33. The number of fused-ring (bicyclic) bond motifs is 1. The van der Waals surface area contributed by atoms with Crippen molar-refractivity contribution in [2.24, 2.45) is 7.05 Å². The van der Waals surface area contributed by atoms with Crippen LogP contribution in [-0.2, 0) is 23.1 Å². The fourth-order valence-electron chi connectivity index (χ4n) is 3.62. The summed E-state index contributed by atoms with van der Waals surface area (Å²) in [6.07, 6.45) is 5.16. The minimum atomic E-state index is -0.452. The number of hydrogen-bond donors (Lipinski definition) is 1. The Kier molecular flexibility index (Phi) is 5.77. The van der Waals surface area contributed by atoms with E-state index in [0.717, 1.165) is 16.5 Å². The van der Waals surface area contributed by atoms with Crippen LogP contribution in [0.4, 0.5) is 0 Å². The van der Waals surface area contributed by atoms with Gasteiger partial charge in [0.15, 0.2) is 0 Å². The number of halogens is 1. The van der Waals surface area contributed by atoms with Crippen molar-refractivity contribution >= 4 is 34.4 Å². The molecular formula is C23H21ClN4O3. The maximum atomic E-state index is 13.1. The van der Waals surface area contributed by atoms with Crippen molar-refractivity contribution in [1.29, 1.82) is 0 Å². The highest BCUT2D eigenvalue weighted by Gasteiger charge is 2.22. The highest BCUT2D eigenvalue weighted by molar-refractivity contribution is 6.30. The number of aromatic nitrogens is 3. The second-order valence-corrected chi connectivity index (χ2v) is 7.56. The average molecular weight is 437 g/mol. The molecule has 4 aromatic rings. The zero-order chi connectivity index (χ0) is 22.0. The number of carbonyl (C=O) groups excluding carboxylic acids is 2. The van der Waals surface area contributed by atoms with Gasteiger partial charge in [0.1, 0.15) is 18.4 Å². The first-order valence-electron chi connectivity index (χ1n) is 9.66. The number of imidazole rings is 1. The third-order valence-corrected chi connectivity index (χ3v) is 5.39. The summed E-state index contributed by atoms with van der Waals surface area (Å²) >= 11 is 6.03. The van der Waals surface area contributed by atoms with E-state index < -0.39 is 12.0 Å². The van der Waals surface area contributed by atoms with Gasteiger partial charge in [0.25, 0.3) is 0 Å². The van der Waals surface area contributed by atoms with Gasteiger partial charge < -0.3 is 19.2 Å². The van der Waals surface area contributed by atoms with E-state index in [4.69, 9.17) is 16.3 Å². The molecule has 0 saturated heterocycles. The number of rotatable bonds is 6. The van der Waals surface area contributed by atoms with E-state index >= 15 is 0 Å². The predicted molar refractivity (Wildman–Crippen MR) is 118 cm³/mol. The maximum absolute atomic E-state index is 13.1. The highest BCUT2D eigenvalue weighted by Crippen LogP contribution is 2.24. The molecule has 0 saturated carbocycles. The van der Waals surface area contributed by atoms with Crippen molar-refractivity contribution in [3.8, 4) is 0 Å². The van der Waals surface area contributed by atoms with Crippen molar-refractivity contribution < 1.29 is 14.3 Å². The summed E-state index contributed by atoms with van der Waals surface area (Å²) in [4.78, 5) is 29.6. The molecule has 4 rings (SSSR count). The number of amides is 1. The van der Waals surface area contributed by atoms with Crippen LogP contribution in [0.25, 0.3) is 10.9 Å². The average Bonchev–Trinajstić information content (AvgIpc) is 3.36. The first-order chi connectivity index (χ1) is 15.0. The van der Waals surface area contributed by atoms with Gasteiger partial charge in [-0.1, -0.05) is 41.9 Å². The number of nitrogens with zero attached hydrogens (tertiary/aromatic N) is 3. The summed E-state index contributed by atoms with van der Waals surface area (Å²) in [5, 5.41) is 4.41. The molecule has 0 fully saturated rings. The molecule has 0 bridgehead atoms. The number of nitrogens with one attached hydrogen (secondary N) is 1. The van der Waals surface area contributed by atoms with Crippen LogP contribution in [0.2, 0.25) is 5.02 Å². The topological polar surface area (TPSA) is 78.2 Å². The SMILES string of the molecule is COC(=O)c1cn(CC(=O)N[C@@H](c2ccc(Cl)cc2)c2nccn2C)c2ccccc12. The Morgan fingerprint density at radius 1 is 1.16 bits per heavy atom. The quantitative estimate of drug-likeness (QED) is 0.467. The van der Waals surface area contributed by atoms with E-state index in [0.29, 0.717) is 16.4 Å². The van der Waals surface area contributed by atoms with Gasteiger partial charge in [-0.3, -0.25) is 4.79 Å². The Morgan fingerprint density at radius 3 is 2.58 bits per heavy atom. The molecule has 1 amide bonds. The van der Waals surface area contributed by atoms with Crippen LogP contribution >= 0.6 is 11.6 Å². The summed E-state index contributed by atoms with van der Waals surface area (Å²) in [5.74, 6) is 0.0332. The standard InChI is InChI=1S/C23H21ClN4O3/c1-27-12-11-25-22(27)21(15-7-9-16(24)10-8-15)26-20(29)14-28-13-18(23(30)31-2)17-5-3-4-6-19(17)28/h3-13,21H,14H2,1-2H3,(H,26,29)/t21-/m0/s1. The summed E-state index contributed by atoms with van der Waals surface area (Å²) in [7, 11) is 3.21. The zero-order valence-electron chi connectivity index (χ0n) is 17.1. The monoisotopic (exact) mass is 436 g/mol. The van der Waals surface area contributed by atoms with E-state index in [1.807, 2.05) is 54.2 Å². The van der Waals surface area contributed by atoms with E-state index in [9.17, 15) is 9.59 Å². The van der Waals surface area contributed by atoms with Crippen LogP contribution in [0.5, 0.6) is 0 Å². The molecule has 0 aliphatic rings. The lowest BCUT2D eigenvalue weighted by Gasteiger charge is -2.19. The highest BCUT2D eigenvalue weighted by atomic mass is 35.5. The molecule has 158 valence electrons. The van der Waals surface area contributed by atoms with E-state index in [1.54, 1.807) is 29.1 Å². The van der Waals surface area contributed by atoms with Crippen LogP contribution in [0.15, 0.2) is 67.1 Å². The molecule has 0 spiro atoms. The van der Waals surface area contributed by atoms with Crippen LogP contribution in [-0.4, -0.2) is 33.1 Å². The normalized spacial score (nSPS) is 12.0. The number of hydrogen-bond acceptors (Lipinski definition) is 4. The molecule has 31 heavy (non-hydrogen) atoms. The Labute approximate surface area is 184 Å². The number of methoxy groups -OCH3 is 1. The molecule has 0 aliphatic carbocycles. The molecule has 2 aromatic heterocycles. The van der Waals surface area contributed by atoms with Crippen molar-refractivity contribution in [2.45, 2.75) is 12.6 Å². The van der Waals surface area contributed by atoms with E-state index in [1.165, 1.54) is 7.11 Å². The number of benzene rings is 2. The molecule has 2 heterocycles. The van der Waals surface area contributed by atoms with Gasteiger partial charge in [0.05, 0.1) is 12.7 Å². The smallest absolute Gasteiger partial charge is 0.340 e. The first-order valence-corrected chi connectivity index (χ1v) is 10.0. The molecule has 1 N–H and O–H groups in total. The molecular weight excluding hydrogens is 416 g/mol. The molecule has 0 aliphatic heterocycles. The van der Waals surface area contributed by atoms with Crippen molar-refractivity contribution in [1.82, 2.24) is 19.4 Å². The Morgan fingerprint density at radius 2 is 1.90 bits per heavy atom. The number of carbonyl (C=O) groups is 2. The lowest BCUT2D eigenvalue weighted by atomic mass is 10.1. The summed E-state index contributed by atoms with van der Waals surface area (Å²) in [5.41, 5.74) is 2.06. The third-order valence-electron chi connectivity index (χ3n) is 5.13. The predicted octanol–water partition coefficient (Wildman–Crippen LogP) is 3.72. The molecule has 0 radical (unpaired) electrons. The second-order valence-electron chi connectivity index (χ2n) is 7.13. The van der Waals surface area contributed by atoms with Gasteiger partial charge in [-0.05, 0) is 23.8 Å². The lowest BCUT2D eigenvalue weighted by molar-refractivity contribution is -0.122. The Hall–Kier alpha value is -3.58. The fourth-order valence-corrected chi connectivity index (χ4v) is 3.75. The van der Waals surface area contributed by atoms with Crippen LogP contribution in [0.1, 0.15) is 27.8 Å². The minimum Gasteiger partial charge on any atom is -0.465 e. The van der Waals surface area contributed by atoms with Crippen LogP contribution in [0, 0.1) is 0 Å². The summed E-state index contributed by atoms with van der Waals surface area (Å²) in [6.45, 7) is 0.0338.